The number of nitrogens with one attached hydrogen (secondary N) is 1. The van der Waals surface area contributed by atoms with Gasteiger partial charge in [-0.05, 0) is 25.2 Å². The minimum atomic E-state index is -0.430. The summed E-state index contributed by atoms with van der Waals surface area (Å²) in [6.45, 7) is 10.3. The van der Waals surface area contributed by atoms with Crippen molar-refractivity contribution in [2.24, 2.45) is 5.41 Å². The molecule has 0 aromatic carbocycles. The van der Waals surface area contributed by atoms with Crippen LogP contribution in [-0.2, 0) is 9.59 Å². The molecule has 1 rings (SSSR count). The van der Waals surface area contributed by atoms with Gasteiger partial charge in [-0.15, -0.1) is 0 Å². The van der Waals surface area contributed by atoms with E-state index >= 15 is 0 Å². The fraction of sp³-hybridized carbons (Fsp3) is 0.846. The van der Waals surface area contributed by atoms with Gasteiger partial charge in [-0.25, -0.2) is 0 Å². The molecule has 0 saturated carbocycles. The molecule has 0 aromatic rings. The van der Waals surface area contributed by atoms with E-state index in [-0.39, 0.29) is 17.2 Å². The summed E-state index contributed by atoms with van der Waals surface area (Å²) < 4.78 is 0. The lowest BCUT2D eigenvalue weighted by Gasteiger charge is -2.34. The van der Waals surface area contributed by atoms with E-state index in [2.05, 4.69) is 12.2 Å². The molecule has 2 atom stereocenters. The SMILES string of the molecule is CC(=O)NC(C(=O)N1CCCC1C)C(C)(C)C. The fourth-order valence-corrected chi connectivity index (χ4v) is 2.28. The predicted molar refractivity (Wildman–Crippen MR) is 67.5 cm³/mol. The molecular weight excluding hydrogens is 216 g/mol. The van der Waals surface area contributed by atoms with Crippen LogP contribution in [0.5, 0.6) is 0 Å². The van der Waals surface area contributed by atoms with Crippen LogP contribution in [0, 0.1) is 5.41 Å². The Balaban J connectivity index is 2.83. The number of carbonyl (C=O) groups excluding carboxylic acids is 2. The summed E-state index contributed by atoms with van der Waals surface area (Å²) >= 11 is 0. The Hall–Kier alpha value is -1.06. The first-order valence-corrected chi connectivity index (χ1v) is 6.31. The minimum Gasteiger partial charge on any atom is -0.344 e. The van der Waals surface area contributed by atoms with E-state index < -0.39 is 6.04 Å². The monoisotopic (exact) mass is 240 g/mol. The van der Waals surface area contributed by atoms with Crippen molar-refractivity contribution in [1.82, 2.24) is 10.2 Å². The quantitative estimate of drug-likeness (QED) is 0.796. The number of hydrogen-bond acceptors (Lipinski definition) is 2. The smallest absolute Gasteiger partial charge is 0.245 e. The van der Waals surface area contributed by atoms with Gasteiger partial charge in [0.15, 0.2) is 0 Å². The highest BCUT2D eigenvalue weighted by Crippen LogP contribution is 2.25. The molecule has 98 valence electrons. The van der Waals surface area contributed by atoms with Crippen LogP contribution in [0.15, 0.2) is 0 Å². The predicted octanol–water partition coefficient (Wildman–Crippen LogP) is 1.55. The van der Waals surface area contributed by atoms with Gasteiger partial charge in [0.05, 0.1) is 0 Å². The van der Waals surface area contributed by atoms with Crippen molar-refractivity contribution >= 4 is 11.8 Å². The molecular formula is C13H24N2O2. The highest BCUT2D eigenvalue weighted by atomic mass is 16.2. The molecule has 1 N–H and O–H groups in total. The number of hydrogen-bond donors (Lipinski definition) is 1. The fourth-order valence-electron chi connectivity index (χ4n) is 2.28. The first kappa shape index (κ1) is 14.0. The third kappa shape index (κ3) is 3.45. The zero-order chi connectivity index (χ0) is 13.2. The van der Waals surface area contributed by atoms with Gasteiger partial charge in [-0.1, -0.05) is 20.8 Å². The van der Waals surface area contributed by atoms with E-state index in [0.29, 0.717) is 6.04 Å². The third-order valence-corrected chi connectivity index (χ3v) is 3.30. The Bertz CT molecular complexity index is 307. The number of carbonyl (C=O) groups is 2. The number of nitrogens with zero attached hydrogens (tertiary/aromatic N) is 1. The first-order chi connectivity index (χ1) is 7.73. The normalized spacial score (nSPS) is 22.4. The van der Waals surface area contributed by atoms with Crippen molar-refractivity contribution in [3.8, 4) is 0 Å². The average Bonchev–Trinajstić information content (AvgIpc) is 2.58. The van der Waals surface area contributed by atoms with Crippen molar-refractivity contribution in [1.29, 1.82) is 0 Å². The summed E-state index contributed by atoms with van der Waals surface area (Å²) in [5, 5.41) is 2.79. The van der Waals surface area contributed by atoms with Crippen molar-refractivity contribution in [2.75, 3.05) is 6.54 Å². The van der Waals surface area contributed by atoms with Crippen LogP contribution in [0.3, 0.4) is 0 Å². The molecule has 0 spiro atoms. The maximum Gasteiger partial charge on any atom is 0.245 e. The van der Waals surface area contributed by atoms with E-state index in [0.717, 1.165) is 19.4 Å². The van der Waals surface area contributed by atoms with E-state index in [1.807, 2.05) is 25.7 Å². The van der Waals surface area contributed by atoms with E-state index in [9.17, 15) is 9.59 Å². The largest absolute Gasteiger partial charge is 0.344 e. The van der Waals surface area contributed by atoms with Gasteiger partial charge >= 0.3 is 0 Å². The van der Waals surface area contributed by atoms with Crippen LogP contribution in [0.4, 0.5) is 0 Å². The molecule has 0 aromatic heterocycles. The van der Waals surface area contributed by atoms with Gasteiger partial charge < -0.3 is 10.2 Å². The lowest BCUT2D eigenvalue weighted by atomic mass is 9.85. The molecule has 1 aliphatic rings. The van der Waals surface area contributed by atoms with Gasteiger partial charge in [0, 0.05) is 19.5 Å². The molecule has 2 unspecified atom stereocenters. The van der Waals surface area contributed by atoms with Crippen molar-refractivity contribution in [3.05, 3.63) is 0 Å². The molecule has 1 heterocycles. The molecule has 1 fully saturated rings. The standard InChI is InChI=1S/C13H24N2O2/c1-9-7-6-8-15(9)12(17)11(13(3,4)5)14-10(2)16/h9,11H,6-8H2,1-5H3,(H,14,16). The van der Waals surface area contributed by atoms with Gasteiger partial charge in [-0.2, -0.15) is 0 Å². The zero-order valence-electron chi connectivity index (χ0n) is 11.5. The summed E-state index contributed by atoms with van der Waals surface area (Å²) in [5.74, 6) is -0.0946. The lowest BCUT2D eigenvalue weighted by Crippen LogP contribution is -2.54. The van der Waals surface area contributed by atoms with E-state index in [1.54, 1.807) is 0 Å². The zero-order valence-corrected chi connectivity index (χ0v) is 11.5. The summed E-state index contributed by atoms with van der Waals surface area (Å²) in [4.78, 5) is 25.6. The van der Waals surface area contributed by atoms with E-state index in [1.165, 1.54) is 6.92 Å². The average molecular weight is 240 g/mol. The Morgan fingerprint density at radius 2 is 1.94 bits per heavy atom. The highest BCUT2D eigenvalue weighted by molar-refractivity contribution is 5.87. The number of amides is 2. The van der Waals surface area contributed by atoms with Crippen molar-refractivity contribution in [2.45, 2.75) is 59.5 Å². The van der Waals surface area contributed by atoms with Gasteiger partial charge in [-0.3, -0.25) is 9.59 Å². The number of likely N-dealkylation sites (tertiary alicyclic amines) is 1. The Morgan fingerprint density at radius 3 is 2.29 bits per heavy atom. The summed E-state index contributed by atoms with van der Waals surface area (Å²) in [6.07, 6.45) is 2.12. The topological polar surface area (TPSA) is 49.4 Å². The molecule has 0 aliphatic carbocycles. The first-order valence-electron chi connectivity index (χ1n) is 6.31. The van der Waals surface area contributed by atoms with Crippen LogP contribution >= 0.6 is 0 Å². The van der Waals surface area contributed by atoms with Crippen LogP contribution in [-0.4, -0.2) is 35.3 Å². The highest BCUT2D eigenvalue weighted by Gasteiger charge is 2.37. The molecule has 1 saturated heterocycles. The van der Waals surface area contributed by atoms with Gasteiger partial charge in [0.2, 0.25) is 11.8 Å². The van der Waals surface area contributed by atoms with Gasteiger partial charge in [0.25, 0.3) is 0 Å². The molecule has 0 bridgehead atoms. The second kappa shape index (κ2) is 5.07. The second-order valence-corrected chi connectivity index (χ2v) is 6.02. The minimum absolute atomic E-state index is 0.0534. The maximum absolute atomic E-state index is 12.4. The lowest BCUT2D eigenvalue weighted by molar-refractivity contribution is -0.139. The molecule has 2 amide bonds. The number of rotatable bonds is 2. The molecule has 4 heteroatoms. The summed E-state index contributed by atoms with van der Waals surface area (Å²) in [6, 6.07) is -0.137. The Kier molecular flexibility index (Phi) is 4.17. The van der Waals surface area contributed by atoms with Crippen LogP contribution in [0.2, 0.25) is 0 Å². The van der Waals surface area contributed by atoms with Crippen LogP contribution in [0.1, 0.15) is 47.5 Å². The summed E-state index contributed by atoms with van der Waals surface area (Å²) in [5.41, 5.74) is -0.259. The maximum atomic E-state index is 12.4. The van der Waals surface area contributed by atoms with Crippen LogP contribution in [0.25, 0.3) is 0 Å². The molecule has 0 radical (unpaired) electrons. The summed E-state index contributed by atoms with van der Waals surface area (Å²) in [7, 11) is 0. The molecule has 4 nitrogen and oxygen atoms in total. The van der Waals surface area contributed by atoms with Crippen molar-refractivity contribution < 1.29 is 9.59 Å². The molecule has 17 heavy (non-hydrogen) atoms. The van der Waals surface area contributed by atoms with Crippen molar-refractivity contribution in [3.63, 3.8) is 0 Å². The van der Waals surface area contributed by atoms with E-state index in [4.69, 9.17) is 0 Å². The Morgan fingerprint density at radius 1 is 1.35 bits per heavy atom. The second-order valence-electron chi connectivity index (χ2n) is 6.02. The van der Waals surface area contributed by atoms with Gasteiger partial charge in [0.1, 0.15) is 6.04 Å². The molecule has 1 aliphatic heterocycles. The van der Waals surface area contributed by atoms with Crippen LogP contribution < -0.4 is 5.32 Å². The Labute approximate surface area is 104 Å². The third-order valence-electron chi connectivity index (χ3n) is 3.30.